The predicted molar refractivity (Wildman–Crippen MR) is 181 cm³/mol. The van der Waals surface area contributed by atoms with Gasteiger partial charge in [-0.15, -0.1) is 0 Å². The van der Waals surface area contributed by atoms with Crippen molar-refractivity contribution >= 4 is 54.9 Å². The van der Waals surface area contributed by atoms with Gasteiger partial charge in [-0.3, -0.25) is 0 Å². The zero-order valence-corrected chi connectivity index (χ0v) is 23.5. The molecule has 43 heavy (non-hydrogen) atoms. The number of fused-ring (bicyclic) bond motifs is 9. The summed E-state index contributed by atoms with van der Waals surface area (Å²) >= 11 is 0. The Balaban J connectivity index is 1.16. The van der Waals surface area contributed by atoms with Gasteiger partial charge in [0.25, 0.3) is 0 Å². The Hall–Kier alpha value is -5.40. The summed E-state index contributed by atoms with van der Waals surface area (Å²) in [7, 11) is 0. The van der Waals surface area contributed by atoms with Gasteiger partial charge in [-0.1, -0.05) is 115 Å². The van der Waals surface area contributed by atoms with Gasteiger partial charge in [-0.05, 0) is 101 Å². The number of aryl methyl sites for hydroxylation is 1. The number of furan rings is 1. The Morgan fingerprint density at radius 2 is 1.12 bits per heavy atom. The van der Waals surface area contributed by atoms with E-state index in [1.165, 1.54) is 87.8 Å². The van der Waals surface area contributed by atoms with Gasteiger partial charge in [-0.2, -0.15) is 0 Å². The van der Waals surface area contributed by atoms with Gasteiger partial charge in [0.2, 0.25) is 0 Å². The second-order valence-electron chi connectivity index (χ2n) is 11.9. The van der Waals surface area contributed by atoms with E-state index in [4.69, 9.17) is 4.42 Å². The van der Waals surface area contributed by atoms with Crippen molar-refractivity contribution in [3.63, 3.8) is 0 Å². The van der Waals surface area contributed by atoms with Gasteiger partial charge in [0, 0.05) is 17.4 Å². The van der Waals surface area contributed by atoms with Crippen molar-refractivity contribution in [2.75, 3.05) is 0 Å². The van der Waals surface area contributed by atoms with Crippen molar-refractivity contribution in [2.45, 2.75) is 12.8 Å². The van der Waals surface area contributed by atoms with Crippen LogP contribution in [0.4, 0.5) is 0 Å². The molecule has 2 aliphatic rings. The molecule has 0 saturated heterocycles. The molecule has 200 valence electrons. The summed E-state index contributed by atoms with van der Waals surface area (Å²) in [5.41, 5.74) is 12.7. The highest BCUT2D eigenvalue weighted by atomic mass is 16.3. The summed E-state index contributed by atoms with van der Waals surface area (Å²) in [6.07, 6.45) is 4.27. The first kappa shape index (κ1) is 23.2. The van der Waals surface area contributed by atoms with Gasteiger partial charge in [-0.25, -0.2) is 0 Å². The molecule has 0 aliphatic heterocycles. The molecular weight excluding hydrogens is 520 g/mol. The highest BCUT2D eigenvalue weighted by Crippen LogP contribution is 2.50. The van der Waals surface area contributed by atoms with E-state index < -0.39 is 0 Å². The van der Waals surface area contributed by atoms with Gasteiger partial charge in [0.05, 0.1) is 0 Å². The van der Waals surface area contributed by atoms with Gasteiger partial charge in [0.1, 0.15) is 11.3 Å². The summed E-state index contributed by atoms with van der Waals surface area (Å²) in [6.45, 7) is 0. The van der Waals surface area contributed by atoms with Crippen LogP contribution in [0.3, 0.4) is 0 Å². The van der Waals surface area contributed by atoms with E-state index in [1.54, 1.807) is 0 Å². The van der Waals surface area contributed by atoms with Crippen molar-refractivity contribution in [1.29, 1.82) is 0 Å². The van der Waals surface area contributed by atoms with Crippen LogP contribution in [0, 0.1) is 0 Å². The second-order valence-corrected chi connectivity index (χ2v) is 11.9. The Labute approximate surface area is 249 Å². The van der Waals surface area contributed by atoms with Crippen molar-refractivity contribution in [3.8, 4) is 33.4 Å². The monoisotopic (exact) mass is 546 g/mol. The molecule has 1 heteroatoms. The summed E-state index contributed by atoms with van der Waals surface area (Å²) in [6, 6.07) is 46.8. The van der Waals surface area contributed by atoms with Crippen LogP contribution in [-0.4, -0.2) is 0 Å². The van der Waals surface area contributed by atoms with Gasteiger partial charge < -0.3 is 4.42 Å². The highest BCUT2D eigenvalue weighted by molar-refractivity contribution is 6.20. The van der Waals surface area contributed by atoms with E-state index in [1.807, 2.05) is 0 Å². The fourth-order valence-electron chi connectivity index (χ4n) is 7.76. The second kappa shape index (κ2) is 8.56. The fourth-order valence-corrected chi connectivity index (χ4v) is 7.76. The lowest BCUT2D eigenvalue weighted by Gasteiger charge is -2.15. The van der Waals surface area contributed by atoms with E-state index in [9.17, 15) is 0 Å². The highest BCUT2D eigenvalue weighted by Gasteiger charge is 2.25. The van der Waals surface area contributed by atoms with Crippen LogP contribution in [0.25, 0.3) is 88.3 Å². The third kappa shape index (κ3) is 3.22. The topological polar surface area (TPSA) is 13.1 Å². The van der Waals surface area contributed by atoms with Crippen LogP contribution in [-0.2, 0) is 6.42 Å². The minimum absolute atomic E-state index is 0.907. The largest absolute Gasteiger partial charge is 0.460 e. The molecule has 0 spiro atoms. The minimum atomic E-state index is 0.907. The third-order valence-corrected chi connectivity index (χ3v) is 9.72. The summed E-state index contributed by atoms with van der Waals surface area (Å²) < 4.78 is 6.53. The van der Waals surface area contributed by atoms with Gasteiger partial charge in [0.15, 0.2) is 0 Å². The molecule has 8 aromatic rings. The first-order valence-corrected chi connectivity index (χ1v) is 15.1. The maximum atomic E-state index is 6.53. The lowest BCUT2D eigenvalue weighted by molar-refractivity contribution is 0.548. The number of benzene rings is 7. The molecule has 2 aliphatic carbocycles. The van der Waals surface area contributed by atoms with Crippen molar-refractivity contribution in [3.05, 3.63) is 144 Å². The zero-order chi connectivity index (χ0) is 28.1. The van der Waals surface area contributed by atoms with E-state index in [0.29, 0.717) is 0 Å². The van der Waals surface area contributed by atoms with Gasteiger partial charge >= 0.3 is 0 Å². The molecule has 0 fully saturated rings. The molecule has 1 aromatic heterocycles. The molecular formula is C42H26O. The third-order valence-electron chi connectivity index (χ3n) is 9.72. The lowest BCUT2D eigenvalue weighted by Crippen LogP contribution is -1.97. The number of allylic oxidation sites excluding steroid dienone is 1. The average Bonchev–Trinajstić information content (AvgIpc) is 3.61. The van der Waals surface area contributed by atoms with Crippen molar-refractivity contribution in [2.24, 2.45) is 0 Å². The Bertz CT molecular complexity index is 2480. The number of hydrogen-bond acceptors (Lipinski definition) is 1. The molecule has 0 N–H and O–H groups in total. The van der Waals surface area contributed by atoms with E-state index in [-0.39, 0.29) is 0 Å². The first-order valence-electron chi connectivity index (χ1n) is 15.1. The maximum Gasteiger partial charge on any atom is 0.135 e. The van der Waals surface area contributed by atoms with Crippen LogP contribution in [0.15, 0.2) is 132 Å². The fraction of sp³-hybridized carbons (Fsp3) is 0.0476. The molecule has 1 heterocycles. The zero-order valence-electron chi connectivity index (χ0n) is 23.5. The number of rotatable bonds is 2. The average molecular weight is 547 g/mol. The normalized spacial score (nSPS) is 13.5. The molecule has 7 aromatic carbocycles. The SMILES string of the molecule is C1=C(c2ccc3c(ccc4ccccc43)c2)CCc2oc3cccc(-c4ccc5c6c(cccc46)-c4ccccc4-5)c3c21. The summed E-state index contributed by atoms with van der Waals surface area (Å²) in [5, 5.41) is 9.07. The van der Waals surface area contributed by atoms with E-state index in [2.05, 4.69) is 133 Å². The van der Waals surface area contributed by atoms with Crippen molar-refractivity contribution in [1.82, 2.24) is 0 Å². The van der Waals surface area contributed by atoms with E-state index in [0.717, 1.165) is 24.2 Å². The lowest BCUT2D eigenvalue weighted by atomic mass is 9.87. The molecule has 1 nitrogen and oxygen atoms in total. The first-order chi connectivity index (χ1) is 21.3. The number of hydrogen-bond donors (Lipinski definition) is 0. The molecule has 0 amide bonds. The Morgan fingerprint density at radius 1 is 0.442 bits per heavy atom. The maximum absolute atomic E-state index is 6.53. The Kier molecular flexibility index (Phi) is 4.62. The molecule has 0 radical (unpaired) electrons. The summed E-state index contributed by atoms with van der Waals surface area (Å²) in [5.74, 6) is 1.09. The van der Waals surface area contributed by atoms with Crippen LogP contribution in [0.1, 0.15) is 23.3 Å². The smallest absolute Gasteiger partial charge is 0.135 e. The Morgan fingerprint density at radius 3 is 2.02 bits per heavy atom. The van der Waals surface area contributed by atoms with Crippen LogP contribution in [0.5, 0.6) is 0 Å². The molecule has 0 bridgehead atoms. The molecule has 10 rings (SSSR count). The molecule has 0 unspecified atom stereocenters. The summed E-state index contributed by atoms with van der Waals surface area (Å²) in [4.78, 5) is 0. The van der Waals surface area contributed by atoms with Crippen LogP contribution in [0.2, 0.25) is 0 Å². The standard InChI is InChI=1S/C42H26O/c1-2-8-29-25(7-1)15-16-28-23-26(17-19-30(28)29)27-18-22-39-38(24-27)42-36(13-6-14-40(42)43-39)33-20-21-37-32-10-4-3-9-31(32)34-11-5-12-35(33)41(34)37/h1-17,19-21,23-24H,18,22H2. The predicted octanol–water partition coefficient (Wildman–Crippen LogP) is 11.7. The van der Waals surface area contributed by atoms with Crippen LogP contribution < -0.4 is 0 Å². The van der Waals surface area contributed by atoms with Crippen LogP contribution >= 0.6 is 0 Å². The quantitative estimate of drug-likeness (QED) is 0.197. The minimum Gasteiger partial charge on any atom is -0.460 e. The van der Waals surface area contributed by atoms with Crippen molar-refractivity contribution < 1.29 is 4.42 Å². The van der Waals surface area contributed by atoms with E-state index >= 15 is 0 Å². The molecule has 0 atom stereocenters. The molecule has 0 saturated carbocycles.